The molecule has 1 aromatic heterocycles. The van der Waals surface area contributed by atoms with E-state index in [1.165, 1.54) is 6.20 Å². The van der Waals surface area contributed by atoms with Gasteiger partial charge in [0.15, 0.2) is 0 Å². The lowest BCUT2D eigenvalue weighted by molar-refractivity contribution is -0.387. The van der Waals surface area contributed by atoms with Gasteiger partial charge in [-0.3, -0.25) is 19.9 Å². The smallest absolute Gasteiger partial charge is 0.307 e. The number of nitro groups is 1. The topological polar surface area (TPSA) is 85.1 Å². The molecule has 0 radical (unpaired) electrons. The van der Waals surface area contributed by atoms with E-state index in [0.717, 1.165) is 5.56 Å². The Labute approximate surface area is 117 Å². The highest BCUT2D eigenvalue weighted by atomic mass is 19.1. The van der Waals surface area contributed by atoms with E-state index in [1.807, 2.05) is 0 Å². The van der Waals surface area contributed by atoms with Crippen LogP contribution in [0.25, 0.3) is 0 Å². The van der Waals surface area contributed by atoms with E-state index >= 15 is 0 Å². The summed E-state index contributed by atoms with van der Waals surface area (Å²) in [6.07, 6.45) is 2.90. The zero-order valence-electron chi connectivity index (χ0n) is 10.8. The maximum Gasteiger partial charge on any atom is 0.307 e. The molecule has 1 amide bonds. The fourth-order valence-electron chi connectivity index (χ4n) is 1.67. The number of pyridine rings is 1. The number of anilines is 1. The van der Waals surface area contributed by atoms with Gasteiger partial charge >= 0.3 is 5.69 Å². The molecule has 108 valence electrons. The molecule has 0 aliphatic rings. The Hall–Kier alpha value is -2.90. The predicted octanol–water partition coefficient (Wildman–Crippen LogP) is 2.83. The first-order valence-corrected chi connectivity index (χ1v) is 5.75. The molecule has 1 heterocycles. The van der Waals surface area contributed by atoms with Crippen molar-refractivity contribution in [2.24, 2.45) is 0 Å². The fourth-order valence-corrected chi connectivity index (χ4v) is 1.67. The highest BCUT2D eigenvalue weighted by molar-refractivity contribution is 6.04. The third kappa shape index (κ3) is 3.16. The molecular weight excluding hydrogens is 284 g/mol. The highest BCUT2D eigenvalue weighted by Gasteiger charge is 2.22. The predicted molar refractivity (Wildman–Crippen MR) is 69.9 cm³/mol. The number of carbonyl (C=O) groups excluding carboxylic acids is 1. The normalized spacial score (nSPS) is 10.2. The van der Waals surface area contributed by atoms with Gasteiger partial charge in [-0.15, -0.1) is 0 Å². The van der Waals surface area contributed by atoms with Gasteiger partial charge in [-0.1, -0.05) is 0 Å². The van der Waals surface area contributed by atoms with E-state index in [9.17, 15) is 23.7 Å². The highest BCUT2D eigenvalue weighted by Crippen LogP contribution is 2.22. The Morgan fingerprint density at radius 2 is 1.95 bits per heavy atom. The lowest BCUT2D eigenvalue weighted by Gasteiger charge is -2.06. The number of amides is 1. The van der Waals surface area contributed by atoms with Crippen LogP contribution in [-0.2, 0) is 0 Å². The summed E-state index contributed by atoms with van der Waals surface area (Å²) in [5.74, 6) is -3.39. The van der Waals surface area contributed by atoms with Crippen LogP contribution in [0.5, 0.6) is 0 Å². The van der Waals surface area contributed by atoms with Crippen molar-refractivity contribution in [3.05, 3.63) is 63.5 Å². The Balaban J connectivity index is 2.31. The SMILES string of the molecule is Cc1cncc(NC(=O)c2cc(F)c([N+](=O)[O-])cc2F)c1. The minimum atomic E-state index is -1.28. The van der Waals surface area contributed by atoms with Crippen molar-refractivity contribution < 1.29 is 18.5 Å². The standard InChI is InChI=1S/C13H9F2N3O3/c1-7-2-8(6-16-5-7)17-13(19)9-3-11(15)12(18(20)21)4-10(9)14/h2-6H,1H3,(H,17,19). The largest absolute Gasteiger partial charge is 0.320 e. The van der Waals surface area contributed by atoms with E-state index in [4.69, 9.17) is 0 Å². The maximum atomic E-state index is 13.7. The molecule has 1 N–H and O–H groups in total. The lowest BCUT2D eigenvalue weighted by atomic mass is 10.1. The third-order valence-corrected chi connectivity index (χ3v) is 2.61. The Kier molecular flexibility index (Phi) is 3.88. The number of hydrogen-bond donors (Lipinski definition) is 1. The van der Waals surface area contributed by atoms with Crippen LogP contribution < -0.4 is 5.32 Å². The van der Waals surface area contributed by atoms with Crippen LogP contribution in [0.2, 0.25) is 0 Å². The monoisotopic (exact) mass is 293 g/mol. The second kappa shape index (κ2) is 5.61. The van der Waals surface area contributed by atoms with Gasteiger partial charge < -0.3 is 5.32 Å². The van der Waals surface area contributed by atoms with Crippen LogP contribution in [0, 0.1) is 28.7 Å². The van der Waals surface area contributed by atoms with Crippen LogP contribution in [0.15, 0.2) is 30.6 Å². The summed E-state index contributed by atoms with van der Waals surface area (Å²) in [5, 5.41) is 12.8. The number of nitro benzene ring substituents is 1. The first-order chi connectivity index (χ1) is 9.88. The zero-order valence-corrected chi connectivity index (χ0v) is 10.8. The van der Waals surface area contributed by atoms with Gasteiger partial charge in [0.05, 0.1) is 28.4 Å². The molecule has 1 aromatic carbocycles. The van der Waals surface area contributed by atoms with E-state index in [0.29, 0.717) is 17.8 Å². The Morgan fingerprint density at radius 1 is 1.24 bits per heavy atom. The summed E-state index contributed by atoms with van der Waals surface area (Å²) >= 11 is 0. The fraction of sp³-hybridized carbons (Fsp3) is 0.0769. The molecule has 0 aliphatic heterocycles. The summed E-state index contributed by atoms with van der Waals surface area (Å²) in [4.78, 5) is 25.1. The van der Waals surface area contributed by atoms with Gasteiger partial charge in [-0.2, -0.15) is 4.39 Å². The first-order valence-electron chi connectivity index (χ1n) is 5.75. The summed E-state index contributed by atoms with van der Waals surface area (Å²) in [6.45, 7) is 1.74. The van der Waals surface area contributed by atoms with Crippen molar-refractivity contribution in [2.75, 3.05) is 5.32 Å². The van der Waals surface area contributed by atoms with Gasteiger partial charge in [0, 0.05) is 6.20 Å². The summed E-state index contributed by atoms with van der Waals surface area (Å²) in [6, 6.07) is 2.45. The summed E-state index contributed by atoms with van der Waals surface area (Å²) < 4.78 is 27.1. The average molecular weight is 293 g/mol. The minimum Gasteiger partial charge on any atom is -0.320 e. The number of aromatic nitrogens is 1. The van der Waals surface area contributed by atoms with Crippen molar-refractivity contribution in [1.29, 1.82) is 0 Å². The minimum absolute atomic E-state index is 0.304. The number of halogens is 2. The van der Waals surface area contributed by atoms with Gasteiger partial charge in [-0.25, -0.2) is 4.39 Å². The van der Waals surface area contributed by atoms with Crippen molar-refractivity contribution in [2.45, 2.75) is 6.92 Å². The third-order valence-electron chi connectivity index (χ3n) is 2.61. The van der Waals surface area contributed by atoms with Crippen molar-refractivity contribution in [3.63, 3.8) is 0 Å². The number of nitrogens with zero attached hydrogens (tertiary/aromatic N) is 2. The van der Waals surface area contributed by atoms with E-state index < -0.39 is 33.7 Å². The van der Waals surface area contributed by atoms with Gasteiger partial charge in [0.2, 0.25) is 5.82 Å². The molecule has 0 saturated carbocycles. The molecule has 0 aliphatic carbocycles. The number of carbonyl (C=O) groups is 1. The van der Waals surface area contributed by atoms with Crippen molar-refractivity contribution in [3.8, 4) is 0 Å². The van der Waals surface area contributed by atoms with Crippen LogP contribution in [0.4, 0.5) is 20.2 Å². The molecule has 0 fully saturated rings. The van der Waals surface area contributed by atoms with Crippen LogP contribution >= 0.6 is 0 Å². The molecule has 0 atom stereocenters. The second-order valence-electron chi connectivity index (χ2n) is 4.25. The molecule has 0 bridgehead atoms. The van der Waals surface area contributed by atoms with E-state index in [1.54, 1.807) is 19.2 Å². The lowest BCUT2D eigenvalue weighted by Crippen LogP contribution is -2.15. The van der Waals surface area contributed by atoms with Crippen LogP contribution in [0.3, 0.4) is 0 Å². The molecule has 0 saturated heterocycles. The molecule has 2 aromatic rings. The molecule has 2 rings (SSSR count). The van der Waals surface area contributed by atoms with Gasteiger partial charge in [0.1, 0.15) is 5.82 Å². The molecular formula is C13H9F2N3O3. The maximum absolute atomic E-state index is 13.7. The molecule has 8 heteroatoms. The van der Waals surface area contributed by atoms with Crippen LogP contribution in [-0.4, -0.2) is 15.8 Å². The Bertz CT molecular complexity index is 735. The van der Waals surface area contributed by atoms with Crippen LogP contribution in [0.1, 0.15) is 15.9 Å². The number of benzene rings is 1. The zero-order chi connectivity index (χ0) is 15.6. The Morgan fingerprint density at radius 3 is 2.57 bits per heavy atom. The van der Waals surface area contributed by atoms with Gasteiger partial charge in [0.25, 0.3) is 5.91 Å². The molecule has 21 heavy (non-hydrogen) atoms. The van der Waals surface area contributed by atoms with Crippen molar-refractivity contribution in [1.82, 2.24) is 4.98 Å². The summed E-state index contributed by atoms with van der Waals surface area (Å²) in [7, 11) is 0. The quantitative estimate of drug-likeness (QED) is 0.696. The number of nitrogens with one attached hydrogen (secondary N) is 1. The first kappa shape index (κ1) is 14.5. The van der Waals surface area contributed by atoms with E-state index in [2.05, 4.69) is 10.3 Å². The van der Waals surface area contributed by atoms with E-state index in [-0.39, 0.29) is 0 Å². The van der Waals surface area contributed by atoms with Gasteiger partial charge in [-0.05, 0) is 24.6 Å². The van der Waals surface area contributed by atoms with Crippen molar-refractivity contribution >= 4 is 17.3 Å². The molecule has 0 spiro atoms. The summed E-state index contributed by atoms with van der Waals surface area (Å²) in [5.41, 5.74) is -0.581. The average Bonchev–Trinajstić information content (AvgIpc) is 2.40. The number of aryl methyl sites for hydroxylation is 1. The number of rotatable bonds is 3. The second-order valence-corrected chi connectivity index (χ2v) is 4.25. The number of hydrogen-bond acceptors (Lipinski definition) is 4. The molecule has 0 unspecified atom stereocenters. The molecule has 6 nitrogen and oxygen atoms in total.